The minimum Gasteiger partial charge on any atom is -0.353 e. The quantitative estimate of drug-likeness (QED) is 0.336. The normalized spacial score (nSPS) is 21.0. The second-order valence-electron chi connectivity index (χ2n) is 10.1. The van der Waals surface area contributed by atoms with Crippen LogP contribution in [0.3, 0.4) is 0 Å². The lowest BCUT2D eigenvalue weighted by atomic mass is 9.64. The van der Waals surface area contributed by atoms with E-state index in [1.54, 1.807) is 36.8 Å². The number of nitrogens with one attached hydrogen (secondary N) is 3. The molecular formula is C27H29Cl2F2N5O. The number of benzene rings is 2. The van der Waals surface area contributed by atoms with Crippen LogP contribution >= 0.6 is 23.2 Å². The molecule has 10 heteroatoms. The number of carbonyl (C=O) groups is 1. The molecule has 2 aromatic carbocycles. The fourth-order valence-corrected chi connectivity index (χ4v) is 5.11. The largest absolute Gasteiger partial charge is 0.353 e. The number of carbonyl (C=O) groups excluding carboxylic acids is 1. The summed E-state index contributed by atoms with van der Waals surface area (Å²) in [5.74, 6) is -1.73. The number of hydrogen-bond acceptors (Lipinski definition) is 4. The summed E-state index contributed by atoms with van der Waals surface area (Å²) in [6, 6.07) is 11.0. The smallest absolute Gasteiger partial charge is 0.207 e. The van der Waals surface area contributed by atoms with E-state index in [4.69, 9.17) is 23.2 Å². The maximum absolute atomic E-state index is 15.0. The van der Waals surface area contributed by atoms with Crippen molar-refractivity contribution >= 4 is 29.6 Å². The lowest BCUT2D eigenvalue weighted by molar-refractivity contribution is -0.109. The third-order valence-corrected chi connectivity index (χ3v) is 6.86. The highest BCUT2D eigenvalue weighted by Crippen LogP contribution is 2.50. The van der Waals surface area contributed by atoms with Crippen LogP contribution < -0.4 is 10.6 Å². The van der Waals surface area contributed by atoms with Gasteiger partial charge >= 0.3 is 0 Å². The van der Waals surface area contributed by atoms with Gasteiger partial charge in [0.1, 0.15) is 17.0 Å². The van der Waals surface area contributed by atoms with Gasteiger partial charge in [0.05, 0.1) is 29.7 Å². The molecule has 0 spiro atoms. The first kappa shape index (κ1) is 28.6. The zero-order valence-electron chi connectivity index (χ0n) is 20.8. The number of halogens is 4. The Bertz CT molecular complexity index is 1260. The first-order valence-electron chi connectivity index (χ1n) is 11.7. The van der Waals surface area contributed by atoms with Crippen molar-refractivity contribution in [2.45, 2.75) is 51.1 Å². The summed E-state index contributed by atoms with van der Waals surface area (Å²) in [4.78, 5) is 16.4. The molecule has 1 aliphatic heterocycles. The second kappa shape index (κ2) is 12.0. The number of hydrogen-bond donors (Lipinski definition) is 3. The first-order valence-corrected chi connectivity index (χ1v) is 12.5. The molecule has 37 heavy (non-hydrogen) atoms. The Hall–Kier alpha value is -2.99. The van der Waals surface area contributed by atoms with E-state index >= 15 is 4.39 Å². The first-order chi connectivity index (χ1) is 17.5. The monoisotopic (exact) mass is 547 g/mol. The van der Waals surface area contributed by atoms with Gasteiger partial charge in [0.2, 0.25) is 6.41 Å². The third kappa shape index (κ3) is 6.48. The van der Waals surface area contributed by atoms with E-state index in [1.807, 2.05) is 0 Å². The Kier molecular flexibility index (Phi) is 9.30. The summed E-state index contributed by atoms with van der Waals surface area (Å²) in [5, 5.41) is 16.5. The topological polar surface area (TPSA) is 93.6 Å². The van der Waals surface area contributed by atoms with Crippen molar-refractivity contribution in [3.8, 4) is 6.07 Å². The number of H-pyrrole nitrogens is 1. The molecule has 0 saturated carbocycles. The highest BCUT2D eigenvalue weighted by molar-refractivity contribution is 6.31. The zero-order valence-corrected chi connectivity index (χ0v) is 22.3. The number of nitriles is 1. The van der Waals surface area contributed by atoms with Crippen LogP contribution in [0.2, 0.25) is 10.0 Å². The highest BCUT2D eigenvalue weighted by atomic mass is 35.5. The van der Waals surface area contributed by atoms with Crippen molar-refractivity contribution in [2.75, 3.05) is 6.54 Å². The summed E-state index contributed by atoms with van der Waals surface area (Å²) in [6.45, 7) is 7.03. The molecule has 3 aromatic rings. The highest BCUT2D eigenvalue weighted by Gasteiger charge is 2.55. The molecule has 3 N–H and O–H groups in total. The molecule has 1 aromatic heterocycles. The van der Waals surface area contributed by atoms with E-state index in [-0.39, 0.29) is 27.1 Å². The summed E-state index contributed by atoms with van der Waals surface area (Å²) >= 11 is 11.9. The molecule has 2 unspecified atom stereocenters. The van der Waals surface area contributed by atoms with Gasteiger partial charge < -0.3 is 15.6 Å². The van der Waals surface area contributed by atoms with Gasteiger partial charge in [-0.2, -0.15) is 5.26 Å². The molecule has 6 nitrogen and oxygen atoms in total. The van der Waals surface area contributed by atoms with Crippen LogP contribution in [0, 0.1) is 28.4 Å². The Morgan fingerprint density at radius 1 is 1.27 bits per heavy atom. The standard InChI is InChI=1S/C22H22Cl2F2N2.C5H7N3O/c1-21(2,3)10-19-22(12-27,15-8-7-13(23)9-18(15)25)16(11-28-19)14-5-4-6-17(24)20(14)26;9-4-7-2-5-1-6-3-8-5/h4-9,16,19,28H,10-11H2,1-3H3;1,3-4H,2H2,(H,6,8)(H,7,9)/t16?,19?,22-;/m1./s1. The number of aromatic nitrogens is 2. The molecule has 1 fully saturated rings. The molecule has 2 heterocycles. The van der Waals surface area contributed by atoms with Gasteiger partial charge in [-0.05, 0) is 35.6 Å². The van der Waals surface area contributed by atoms with Crippen LogP contribution in [0.5, 0.6) is 0 Å². The summed E-state index contributed by atoms with van der Waals surface area (Å²) in [5.41, 5.74) is 0.0233. The van der Waals surface area contributed by atoms with Crippen LogP contribution in [0.25, 0.3) is 0 Å². The predicted octanol–water partition coefficient (Wildman–Crippen LogP) is 5.88. The van der Waals surface area contributed by atoms with E-state index in [9.17, 15) is 14.4 Å². The summed E-state index contributed by atoms with van der Waals surface area (Å²) in [6.07, 6.45) is 4.50. The number of imidazole rings is 1. The minimum absolute atomic E-state index is 0.0137. The summed E-state index contributed by atoms with van der Waals surface area (Å²) in [7, 11) is 0. The van der Waals surface area contributed by atoms with Gasteiger partial charge in [-0.25, -0.2) is 13.8 Å². The molecule has 0 radical (unpaired) electrons. The van der Waals surface area contributed by atoms with Gasteiger partial charge in [-0.3, -0.25) is 4.79 Å². The molecule has 1 saturated heterocycles. The van der Waals surface area contributed by atoms with Gasteiger partial charge in [0, 0.05) is 35.3 Å². The third-order valence-electron chi connectivity index (χ3n) is 6.33. The average molecular weight is 548 g/mol. The fourth-order valence-electron chi connectivity index (χ4n) is 4.76. The Morgan fingerprint density at radius 3 is 2.62 bits per heavy atom. The lowest BCUT2D eigenvalue weighted by Gasteiger charge is -2.37. The predicted molar refractivity (Wildman–Crippen MR) is 140 cm³/mol. The van der Waals surface area contributed by atoms with E-state index in [2.05, 4.69) is 47.4 Å². The van der Waals surface area contributed by atoms with Gasteiger partial charge in [-0.15, -0.1) is 0 Å². The second-order valence-corrected chi connectivity index (χ2v) is 10.9. The van der Waals surface area contributed by atoms with Gasteiger partial charge in [0.15, 0.2) is 0 Å². The van der Waals surface area contributed by atoms with Crippen molar-refractivity contribution < 1.29 is 13.6 Å². The maximum atomic E-state index is 15.0. The molecular weight excluding hydrogens is 519 g/mol. The molecule has 1 aliphatic rings. The van der Waals surface area contributed by atoms with Crippen molar-refractivity contribution in [3.63, 3.8) is 0 Å². The minimum atomic E-state index is -1.30. The van der Waals surface area contributed by atoms with Crippen molar-refractivity contribution in [2.24, 2.45) is 5.41 Å². The van der Waals surface area contributed by atoms with Crippen LogP contribution in [0.4, 0.5) is 8.78 Å². The molecule has 196 valence electrons. The van der Waals surface area contributed by atoms with E-state index < -0.39 is 23.0 Å². The molecule has 3 atom stereocenters. The molecule has 4 rings (SSSR count). The SMILES string of the molecule is CC(C)(C)CC1NCC(c2cccc(Cl)c2F)[C@@]1(C#N)c1ccc(Cl)cc1F.O=CNCc1cnc[nH]1. The number of rotatable bonds is 6. The van der Waals surface area contributed by atoms with Crippen LogP contribution in [0.1, 0.15) is 49.9 Å². The number of aromatic amines is 1. The number of amides is 1. The van der Waals surface area contributed by atoms with Crippen LogP contribution in [0.15, 0.2) is 48.9 Å². The Balaban J connectivity index is 0.000000356. The van der Waals surface area contributed by atoms with Gasteiger partial charge in [-0.1, -0.05) is 62.2 Å². The van der Waals surface area contributed by atoms with E-state index in [1.165, 1.54) is 12.1 Å². The van der Waals surface area contributed by atoms with Crippen molar-refractivity contribution in [1.82, 2.24) is 20.6 Å². The zero-order chi connectivity index (χ0) is 27.2. The van der Waals surface area contributed by atoms with Crippen molar-refractivity contribution in [1.29, 1.82) is 5.26 Å². The Labute approximate surface area is 225 Å². The average Bonchev–Trinajstić information content (AvgIpc) is 3.47. The van der Waals surface area contributed by atoms with E-state index in [0.717, 1.165) is 5.69 Å². The summed E-state index contributed by atoms with van der Waals surface area (Å²) < 4.78 is 29.9. The van der Waals surface area contributed by atoms with Crippen LogP contribution in [-0.2, 0) is 16.8 Å². The lowest BCUT2D eigenvalue weighted by Crippen LogP contribution is -2.44. The molecule has 0 bridgehead atoms. The Morgan fingerprint density at radius 2 is 2.03 bits per heavy atom. The number of nitrogens with zero attached hydrogens (tertiary/aromatic N) is 2. The maximum Gasteiger partial charge on any atom is 0.207 e. The van der Waals surface area contributed by atoms with Crippen LogP contribution in [-0.4, -0.2) is 29.0 Å². The molecule has 1 amide bonds. The molecule has 0 aliphatic carbocycles. The van der Waals surface area contributed by atoms with Gasteiger partial charge in [0.25, 0.3) is 0 Å². The van der Waals surface area contributed by atoms with Crippen molar-refractivity contribution in [3.05, 3.63) is 87.4 Å². The van der Waals surface area contributed by atoms with E-state index in [0.29, 0.717) is 31.5 Å². The fraction of sp³-hybridized carbons (Fsp3) is 0.370.